The minimum atomic E-state index is 1.10. The Kier molecular flexibility index (Phi) is 2.97. The fourth-order valence-electron chi connectivity index (χ4n) is 1.46. The molecule has 2 aromatic carbocycles. The lowest BCUT2D eigenvalue weighted by Gasteiger charge is -2.00. The Morgan fingerprint density at radius 2 is 1.00 bits per heavy atom. The van der Waals surface area contributed by atoms with Gasteiger partial charge in [0.05, 0.1) is 0 Å². The van der Waals surface area contributed by atoms with E-state index in [1.165, 1.54) is 11.1 Å². The summed E-state index contributed by atoms with van der Waals surface area (Å²) in [5.41, 5.74) is 2.74. The lowest BCUT2D eigenvalue weighted by atomic mass is 10.0. The predicted molar refractivity (Wildman–Crippen MR) is 58.0 cm³/mol. The molecule has 2 rings (SSSR count). The zero-order valence-electron chi connectivity index (χ0n) is 8.03. The van der Waals surface area contributed by atoms with E-state index in [1.54, 1.807) is 0 Å². The number of hydrogen-bond acceptors (Lipinski definition) is 0. The normalized spacial score (nSPS) is 10.0. The van der Waals surface area contributed by atoms with E-state index in [4.69, 9.17) is 0 Å². The molecule has 0 aromatic heterocycles. The molecule has 14 heavy (non-hydrogen) atoms. The van der Waals surface area contributed by atoms with Crippen molar-refractivity contribution in [3.63, 3.8) is 0 Å². The molecule has 0 amide bonds. The molecule has 0 aliphatic heterocycles. The SMILES string of the molecule is [c]1ccc(CCc2cc[c]cc2)cc1. The van der Waals surface area contributed by atoms with E-state index in [2.05, 4.69) is 36.4 Å². The summed E-state index contributed by atoms with van der Waals surface area (Å²) in [5, 5.41) is 0. The van der Waals surface area contributed by atoms with Crippen molar-refractivity contribution in [3.05, 3.63) is 71.8 Å². The number of benzene rings is 2. The molecule has 0 N–H and O–H groups in total. The van der Waals surface area contributed by atoms with Gasteiger partial charge in [-0.1, -0.05) is 48.5 Å². The molecule has 0 spiro atoms. The zero-order valence-corrected chi connectivity index (χ0v) is 8.03. The molecule has 68 valence electrons. The van der Waals surface area contributed by atoms with Crippen LogP contribution in [-0.4, -0.2) is 0 Å². The molecule has 0 atom stereocenters. The summed E-state index contributed by atoms with van der Waals surface area (Å²) in [6.07, 6.45) is 2.19. The van der Waals surface area contributed by atoms with Crippen LogP contribution in [0.1, 0.15) is 11.1 Å². The van der Waals surface area contributed by atoms with Crippen LogP contribution >= 0.6 is 0 Å². The van der Waals surface area contributed by atoms with Crippen LogP contribution in [0.4, 0.5) is 0 Å². The molecule has 0 unspecified atom stereocenters. The largest absolute Gasteiger partial charge is 0.0584 e. The van der Waals surface area contributed by atoms with Crippen LogP contribution in [0, 0.1) is 12.1 Å². The van der Waals surface area contributed by atoms with Crippen molar-refractivity contribution in [2.75, 3.05) is 0 Å². The summed E-state index contributed by atoms with van der Waals surface area (Å²) < 4.78 is 0. The summed E-state index contributed by atoms with van der Waals surface area (Å²) in [6.45, 7) is 0. The highest BCUT2D eigenvalue weighted by atomic mass is 14.0. The van der Waals surface area contributed by atoms with Gasteiger partial charge in [0.2, 0.25) is 0 Å². The topological polar surface area (TPSA) is 0 Å². The van der Waals surface area contributed by atoms with Crippen molar-refractivity contribution in [3.8, 4) is 0 Å². The van der Waals surface area contributed by atoms with Gasteiger partial charge in [-0.15, -0.1) is 0 Å². The quantitative estimate of drug-likeness (QED) is 0.681. The first kappa shape index (κ1) is 9.01. The Balaban J connectivity index is 1.96. The number of rotatable bonds is 3. The van der Waals surface area contributed by atoms with Gasteiger partial charge in [0.1, 0.15) is 0 Å². The lowest BCUT2D eigenvalue weighted by molar-refractivity contribution is 0.960. The van der Waals surface area contributed by atoms with E-state index in [0.29, 0.717) is 0 Å². The second-order valence-corrected chi connectivity index (χ2v) is 3.32. The van der Waals surface area contributed by atoms with Gasteiger partial charge >= 0.3 is 0 Å². The fraction of sp³-hybridized carbons (Fsp3) is 0.143. The smallest absolute Gasteiger partial charge is 0.0184 e. The molecule has 0 heteroatoms. The van der Waals surface area contributed by atoms with Gasteiger partial charge in [-0.05, 0) is 36.1 Å². The average molecular weight is 180 g/mol. The van der Waals surface area contributed by atoms with Crippen LogP contribution in [0.15, 0.2) is 48.5 Å². The van der Waals surface area contributed by atoms with Gasteiger partial charge < -0.3 is 0 Å². The minimum Gasteiger partial charge on any atom is -0.0584 e. The molecule has 0 fully saturated rings. The molecule has 0 saturated carbocycles. The Bertz CT molecular complexity index is 322. The van der Waals surface area contributed by atoms with Crippen LogP contribution in [-0.2, 0) is 12.8 Å². The maximum atomic E-state index is 3.03. The molecule has 2 radical (unpaired) electrons. The standard InChI is InChI=1S/C14H12/c1-3-7-13(8-4-1)11-12-14-9-5-2-6-10-14/h3-10H,11-12H2. The van der Waals surface area contributed by atoms with Crippen molar-refractivity contribution in [2.24, 2.45) is 0 Å². The van der Waals surface area contributed by atoms with E-state index in [1.807, 2.05) is 24.3 Å². The highest BCUT2D eigenvalue weighted by Crippen LogP contribution is 2.05. The van der Waals surface area contributed by atoms with Gasteiger partial charge in [-0.3, -0.25) is 0 Å². The van der Waals surface area contributed by atoms with Crippen molar-refractivity contribution >= 4 is 0 Å². The maximum Gasteiger partial charge on any atom is -0.0184 e. The van der Waals surface area contributed by atoms with E-state index in [9.17, 15) is 0 Å². The fourth-order valence-corrected chi connectivity index (χ4v) is 1.46. The van der Waals surface area contributed by atoms with Crippen LogP contribution in [0.5, 0.6) is 0 Å². The predicted octanol–water partition coefficient (Wildman–Crippen LogP) is 3.07. The Morgan fingerprint density at radius 1 is 0.643 bits per heavy atom. The van der Waals surface area contributed by atoms with E-state index in [-0.39, 0.29) is 0 Å². The third-order valence-corrected chi connectivity index (χ3v) is 2.28. The van der Waals surface area contributed by atoms with E-state index >= 15 is 0 Å². The van der Waals surface area contributed by atoms with Crippen LogP contribution in [0.2, 0.25) is 0 Å². The van der Waals surface area contributed by atoms with E-state index < -0.39 is 0 Å². The van der Waals surface area contributed by atoms with Crippen LogP contribution < -0.4 is 0 Å². The summed E-state index contributed by atoms with van der Waals surface area (Å²) in [5.74, 6) is 0. The van der Waals surface area contributed by atoms with Gasteiger partial charge in [0.15, 0.2) is 0 Å². The average Bonchev–Trinajstić information content (AvgIpc) is 2.29. The monoisotopic (exact) mass is 180 g/mol. The Morgan fingerprint density at radius 3 is 1.36 bits per heavy atom. The summed E-state index contributed by atoms with van der Waals surface area (Å²) in [4.78, 5) is 0. The summed E-state index contributed by atoms with van der Waals surface area (Å²) in [6, 6.07) is 22.4. The second kappa shape index (κ2) is 4.61. The maximum absolute atomic E-state index is 3.03. The van der Waals surface area contributed by atoms with Crippen LogP contribution in [0.3, 0.4) is 0 Å². The molecule has 2 aromatic rings. The first-order valence-electron chi connectivity index (χ1n) is 4.85. The first-order chi connectivity index (χ1) is 6.95. The number of aryl methyl sites for hydroxylation is 2. The van der Waals surface area contributed by atoms with Gasteiger partial charge in [0.25, 0.3) is 0 Å². The van der Waals surface area contributed by atoms with Crippen molar-refractivity contribution in [1.82, 2.24) is 0 Å². The van der Waals surface area contributed by atoms with Gasteiger partial charge in [-0.25, -0.2) is 0 Å². The second-order valence-electron chi connectivity index (χ2n) is 3.32. The summed E-state index contributed by atoms with van der Waals surface area (Å²) in [7, 11) is 0. The lowest BCUT2D eigenvalue weighted by Crippen LogP contribution is -1.90. The van der Waals surface area contributed by atoms with Crippen molar-refractivity contribution < 1.29 is 0 Å². The van der Waals surface area contributed by atoms with Crippen molar-refractivity contribution in [1.29, 1.82) is 0 Å². The molecule has 0 nitrogen and oxygen atoms in total. The molecule has 0 aliphatic rings. The van der Waals surface area contributed by atoms with Gasteiger partial charge in [0, 0.05) is 0 Å². The third-order valence-electron chi connectivity index (χ3n) is 2.28. The molecule has 0 aliphatic carbocycles. The highest BCUT2D eigenvalue weighted by molar-refractivity contribution is 5.19. The Hall–Kier alpha value is -1.56. The van der Waals surface area contributed by atoms with Gasteiger partial charge in [-0.2, -0.15) is 0 Å². The summed E-state index contributed by atoms with van der Waals surface area (Å²) >= 11 is 0. The minimum absolute atomic E-state index is 1.10. The van der Waals surface area contributed by atoms with Crippen molar-refractivity contribution in [2.45, 2.75) is 12.8 Å². The molecule has 0 saturated heterocycles. The molecular weight excluding hydrogens is 168 g/mol. The van der Waals surface area contributed by atoms with E-state index in [0.717, 1.165) is 12.8 Å². The molecular formula is C14H12. The first-order valence-corrected chi connectivity index (χ1v) is 4.85. The molecule has 0 bridgehead atoms. The number of hydrogen-bond donors (Lipinski definition) is 0. The zero-order chi connectivity index (χ0) is 9.64. The Labute approximate surface area is 85.2 Å². The van der Waals surface area contributed by atoms with Crippen LogP contribution in [0.25, 0.3) is 0 Å². The third kappa shape index (κ3) is 2.46. The molecule has 0 heterocycles. The highest BCUT2D eigenvalue weighted by Gasteiger charge is 1.93.